The van der Waals surface area contributed by atoms with Crippen LogP contribution in [0.1, 0.15) is 36.9 Å². The Morgan fingerprint density at radius 2 is 1.81 bits per heavy atom. The van der Waals surface area contributed by atoms with Crippen molar-refractivity contribution in [3.8, 4) is 6.01 Å². The minimum atomic E-state index is -0.844. The number of anilines is 1. The smallest absolute Gasteiger partial charge is 0.325 e. The molecule has 0 radical (unpaired) electrons. The summed E-state index contributed by atoms with van der Waals surface area (Å²) in [5, 5.41) is 3.06. The van der Waals surface area contributed by atoms with Crippen molar-refractivity contribution in [2.45, 2.75) is 32.1 Å². The molecule has 8 heteroatoms. The number of imide groups is 1. The lowest BCUT2D eigenvalue weighted by molar-refractivity contribution is -0.121. The van der Waals surface area contributed by atoms with Gasteiger partial charge in [0, 0.05) is 12.1 Å². The first-order valence-electron chi connectivity index (χ1n) is 10.2. The average Bonchev–Trinajstić information content (AvgIpc) is 3.42. The van der Waals surface area contributed by atoms with Gasteiger partial charge in [-0.1, -0.05) is 43.7 Å². The summed E-state index contributed by atoms with van der Waals surface area (Å²) in [7, 11) is 0. The fourth-order valence-corrected chi connectivity index (χ4v) is 4.09. The molecule has 1 unspecified atom stereocenters. The van der Waals surface area contributed by atoms with E-state index < -0.39 is 17.4 Å². The number of amides is 2. The number of carbonyl (C=O) groups is 2. The van der Waals surface area contributed by atoms with Crippen molar-refractivity contribution in [2.75, 3.05) is 4.90 Å². The number of oxazole rings is 1. The van der Waals surface area contributed by atoms with E-state index in [1.807, 2.05) is 25.1 Å². The van der Waals surface area contributed by atoms with Crippen LogP contribution in [-0.4, -0.2) is 26.6 Å². The van der Waals surface area contributed by atoms with Crippen LogP contribution in [0.4, 0.5) is 5.69 Å². The van der Waals surface area contributed by atoms with Crippen LogP contribution in [0.15, 0.2) is 63.8 Å². The molecule has 3 heterocycles. The molecular weight excluding hydrogens is 396 g/mol. The number of aromatic nitrogens is 3. The molecule has 156 valence electrons. The van der Waals surface area contributed by atoms with Gasteiger partial charge in [0.25, 0.3) is 5.56 Å². The molecule has 0 spiro atoms. The third-order valence-electron chi connectivity index (χ3n) is 5.49. The van der Waals surface area contributed by atoms with Crippen LogP contribution in [0.2, 0.25) is 0 Å². The zero-order valence-corrected chi connectivity index (χ0v) is 16.9. The van der Waals surface area contributed by atoms with Gasteiger partial charge in [0.15, 0.2) is 5.58 Å². The van der Waals surface area contributed by atoms with Crippen molar-refractivity contribution in [1.82, 2.24) is 14.8 Å². The lowest BCUT2D eigenvalue weighted by Crippen LogP contribution is -2.31. The maximum Gasteiger partial charge on any atom is 0.325 e. The first kappa shape index (κ1) is 19.0. The Kier molecular flexibility index (Phi) is 4.54. The molecule has 0 aliphatic carbocycles. The summed E-state index contributed by atoms with van der Waals surface area (Å²) in [6.45, 7) is 1.98. The molecule has 1 fully saturated rings. The molecule has 31 heavy (non-hydrogen) atoms. The van der Waals surface area contributed by atoms with Crippen LogP contribution in [0, 0.1) is 0 Å². The van der Waals surface area contributed by atoms with Crippen LogP contribution >= 0.6 is 0 Å². The standard InChI is InChI=1S/C23H20N4O4/c1-2-8-17-20(15-13-19(28)26(21(15)29)14-9-4-3-5-10-14)22(30)27(25-17)23-24-16-11-6-7-12-18(16)31-23/h3-7,9-12,15,25H,2,8,13H2,1H3. The van der Waals surface area contributed by atoms with Crippen LogP contribution in [0.25, 0.3) is 17.1 Å². The number of aryl methyl sites for hydroxylation is 1. The summed E-state index contributed by atoms with van der Waals surface area (Å²) in [6.07, 6.45) is 1.27. The van der Waals surface area contributed by atoms with E-state index in [0.717, 1.165) is 11.3 Å². The molecular formula is C23H20N4O4. The number of hydrogen-bond acceptors (Lipinski definition) is 5. The average molecular weight is 416 g/mol. The van der Waals surface area contributed by atoms with Crippen LogP contribution in [0.5, 0.6) is 0 Å². The fourth-order valence-electron chi connectivity index (χ4n) is 4.09. The Morgan fingerprint density at radius 3 is 2.55 bits per heavy atom. The molecule has 1 aliphatic heterocycles. The van der Waals surface area contributed by atoms with E-state index in [4.69, 9.17) is 4.42 Å². The number of hydrogen-bond donors (Lipinski definition) is 1. The normalized spacial score (nSPS) is 16.5. The molecule has 1 N–H and O–H groups in total. The Hall–Kier alpha value is -3.94. The summed E-state index contributed by atoms with van der Waals surface area (Å²) in [6, 6.07) is 16.1. The monoisotopic (exact) mass is 416 g/mol. The number of nitrogens with one attached hydrogen (secondary N) is 1. The molecule has 8 nitrogen and oxygen atoms in total. The molecule has 5 rings (SSSR count). The van der Waals surface area contributed by atoms with Gasteiger partial charge in [-0.3, -0.25) is 24.4 Å². The number of H-pyrrole nitrogens is 1. The zero-order valence-electron chi connectivity index (χ0n) is 16.9. The van der Waals surface area contributed by atoms with Crippen LogP contribution in [0.3, 0.4) is 0 Å². The second-order valence-corrected chi connectivity index (χ2v) is 7.52. The Labute approximate surface area is 177 Å². The van der Waals surface area contributed by atoms with Crippen LogP contribution in [-0.2, 0) is 16.0 Å². The van der Waals surface area contributed by atoms with Gasteiger partial charge in [-0.05, 0) is 30.7 Å². The molecule has 2 amide bonds. The molecule has 2 aromatic carbocycles. The zero-order chi connectivity index (χ0) is 21.5. The number of carbonyl (C=O) groups excluding carboxylic acids is 2. The van der Waals surface area contributed by atoms with E-state index in [0.29, 0.717) is 34.5 Å². The molecule has 1 atom stereocenters. The second kappa shape index (κ2) is 7.39. The van der Waals surface area contributed by atoms with Crippen molar-refractivity contribution >= 4 is 28.6 Å². The highest BCUT2D eigenvalue weighted by Gasteiger charge is 2.43. The fraction of sp³-hybridized carbons (Fsp3) is 0.217. The van der Waals surface area contributed by atoms with E-state index >= 15 is 0 Å². The lowest BCUT2D eigenvalue weighted by Gasteiger charge is -2.14. The summed E-state index contributed by atoms with van der Waals surface area (Å²) >= 11 is 0. The van der Waals surface area contributed by atoms with Gasteiger partial charge in [-0.25, -0.2) is 0 Å². The number of rotatable bonds is 5. The van der Waals surface area contributed by atoms with Gasteiger partial charge in [0.2, 0.25) is 11.8 Å². The first-order valence-corrected chi connectivity index (χ1v) is 10.2. The quantitative estimate of drug-likeness (QED) is 0.503. The lowest BCUT2D eigenvalue weighted by atomic mass is 9.96. The number of para-hydroxylation sites is 3. The van der Waals surface area contributed by atoms with Crippen LogP contribution < -0.4 is 10.5 Å². The van der Waals surface area contributed by atoms with E-state index in [-0.39, 0.29) is 18.3 Å². The van der Waals surface area contributed by atoms with Gasteiger partial charge >= 0.3 is 6.01 Å². The second-order valence-electron chi connectivity index (χ2n) is 7.52. The Bertz CT molecular complexity index is 1320. The molecule has 1 aliphatic rings. The number of benzene rings is 2. The van der Waals surface area contributed by atoms with Crippen molar-refractivity contribution in [1.29, 1.82) is 0 Å². The number of aromatic amines is 1. The van der Waals surface area contributed by atoms with E-state index in [1.165, 1.54) is 4.68 Å². The summed E-state index contributed by atoms with van der Waals surface area (Å²) in [4.78, 5) is 44.8. The predicted molar refractivity (Wildman–Crippen MR) is 114 cm³/mol. The largest absolute Gasteiger partial charge is 0.422 e. The summed E-state index contributed by atoms with van der Waals surface area (Å²) < 4.78 is 6.97. The Morgan fingerprint density at radius 1 is 1.06 bits per heavy atom. The van der Waals surface area contributed by atoms with Crippen molar-refractivity contribution in [3.05, 3.63) is 76.2 Å². The number of fused-ring (bicyclic) bond motifs is 1. The summed E-state index contributed by atoms with van der Waals surface area (Å²) in [5.41, 5.74) is 2.19. The van der Waals surface area contributed by atoms with Crippen molar-refractivity contribution in [3.63, 3.8) is 0 Å². The van der Waals surface area contributed by atoms with Gasteiger partial charge < -0.3 is 4.42 Å². The minimum absolute atomic E-state index is 0.0505. The third-order valence-corrected chi connectivity index (χ3v) is 5.49. The number of nitrogens with zero attached hydrogens (tertiary/aromatic N) is 3. The minimum Gasteiger partial charge on any atom is -0.422 e. The maximum atomic E-state index is 13.4. The Balaban J connectivity index is 1.60. The third kappa shape index (κ3) is 3.07. The van der Waals surface area contributed by atoms with E-state index in [9.17, 15) is 14.4 Å². The maximum absolute atomic E-state index is 13.4. The van der Waals surface area contributed by atoms with Gasteiger partial charge in [0.1, 0.15) is 5.52 Å². The first-order chi connectivity index (χ1) is 15.1. The predicted octanol–water partition coefficient (Wildman–Crippen LogP) is 3.31. The van der Waals surface area contributed by atoms with Gasteiger partial charge in [-0.15, -0.1) is 0 Å². The highest BCUT2D eigenvalue weighted by Crippen LogP contribution is 2.33. The van der Waals surface area contributed by atoms with Crippen molar-refractivity contribution < 1.29 is 14.0 Å². The molecule has 1 saturated heterocycles. The molecule has 2 aromatic heterocycles. The van der Waals surface area contributed by atoms with Gasteiger partial charge in [0.05, 0.1) is 17.2 Å². The van der Waals surface area contributed by atoms with E-state index in [1.54, 1.807) is 36.4 Å². The highest BCUT2D eigenvalue weighted by molar-refractivity contribution is 6.22. The molecule has 0 bridgehead atoms. The molecule has 4 aromatic rings. The van der Waals surface area contributed by atoms with Gasteiger partial charge in [-0.2, -0.15) is 9.67 Å². The molecule has 0 saturated carbocycles. The SMILES string of the molecule is CCCc1[nH]n(-c2nc3ccccc3o2)c(=O)c1C1CC(=O)N(c2ccccc2)C1=O. The van der Waals surface area contributed by atoms with Crippen molar-refractivity contribution in [2.24, 2.45) is 0 Å². The highest BCUT2D eigenvalue weighted by atomic mass is 16.4. The summed E-state index contributed by atoms with van der Waals surface area (Å²) in [5.74, 6) is -1.56. The topological polar surface area (TPSA) is 101 Å². The van der Waals surface area contributed by atoms with E-state index in [2.05, 4.69) is 10.1 Å².